The Labute approximate surface area is 113 Å². The molecule has 1 aliphatic rings. The number of hydrogen-bond acceptors (Lipinski definition) is 3. The molecule has 0 aliphatic heterocycles. The van der Waals surface area contributed by atoms with Crippen LogP contribution < -0.4 is 5.32 Å². The van der Waals surface area contributed by atoms with Crippen LogP contribution in [0.5, 0.6) is 0 Å². The van der Waals surface area contributed by atoms with Crippen molar-refractivity contribution in [3.05, 3.63) is 0 Å². The molecule has 1 unspecified atom stereocenters. The fraction of sp³-hybridized carbons (Fsp3) is 1.00. The lowest BCUT2D eigenvalue weighted by atomic mass is 9.81. The van der Waals surface area contributed by atoms with Gasteiger partial charge in [0.25, 0.3) is 0 Å². The van der Waals surface area contributed by atoms with Crippen LogP contribution in [0, 0.1) is 5.41 Å². The summed E-state index contributed by atoms with van der Waals surface area (Å²) in [6.07, 6.45) is 6.79. The van der Waals surface area contributed by atoms with Gasteiger partial charge in [0, 0.05) is 18.3 Å². The minimum absolute atomic E-state index is 0.264. The van der Waals surface area contributed by atoms with E-state index in [-0.39, 0.29) is 11.2 Å². The second-order valence-electron chi connectivity index (χ2n) is 6.06. The van der Waals surface area contributed by atoms with Gasteiger partial charge in [-0.1, -0.05) is 27.2 Å². The monoisotopic (exact) mass is 275 g/mol. The average molecular weight is 275 g/mol. The zero-order chi connectivity index (χ0) is 13.6. The first-order valence-corrected chi connectivity index (χ1v) is 9.17. The lowest BCUT2D eigenvalue weighted by Crippen LogP contribution is -2.33. The number of nitrogens with one attached hydrogen (secondary N) is 1. The van der Waals surface area contributed by atoms with Gasteiger partial charge in [0.05, 0.1) is 5.75 Å². The van der Waals surface area contributed by atoms with Crippen molar-refractivity contribution in [2.45, 2.75) is 65.3 Å². The number of rotatable bonds is 10. The fourth-order valence-corrected chi connectivity index (χ4v) is 3.32. The average Bonchev–Trinajstić information content (AvgIpc) is 3.10. The summed E-state index contributed by atoms with van der Waals surface area (Å²) in [5.41, 5.74) is 0.264. The third kappa shape index (κ3) is 6.19. The van der Waals surface area contributed by atoms with E-state index in [9.17, 15) is 8.42 Å². The van der Waals surface area contributed by atoms with Gasteiger partial charge in [-0.2, -0.15) is 0 Å². The molecule has 18 heavy (non-hydrogen) atoms. The largest absolute Gasteiger partial charge is 0.313 e. The molecular weight excluding hydrogens is 246 g/mol. The summed E-state index contributed by atoms with van der Waals surface area (Å²) in [5, 5.41) is 3.59. The van der Waals surface area contributed by atoms with Crippen LogP contribution in [0.15, 0.2) is 0 Å². The maximum Gasteiger partial charge on any atom is 0.150 e. The van der Waals surface area contributed by atoms with Crippen molar-refractivity contribution < 1.29 is 8.42 Å². The molecule has 1 N–H and O–H groups in total. The third-order valence-corrected chi connectivity index (χ3v) is 5.71. The predicted molar refractivity (Wildman–Crippen MR) is 77.6 cm³/mol. The van der Waals surface area contributed by atoms with Crippen LogP contribution in [0.1, 0.15) is 59.3 Å². The van der Waals surface area contributed by atoms with Gasteiger partial charge in [-0.25, -0.2) is 8.42 Å². The first kappa shape index (κ1) is 16.0. The Morgan fingerprint density at radius 3 is 2.39 bits per heavy atom. The molecule has 3 nitrogen and oxygen atoms in total. The molecule has 0 aromatic rings. The molecule has 0 amide bonds. The topological polar surface area (TPSA) is 46.2 Å². The van der Waals surface area contributed by atoms with Crippen LogP contribution >= 0.6 is 0 Å². The van der Waals surface area contributed by atoms with Gasteiger partial charge in [-0.05, 0) is 37.5 Å². The molecule has 1 saturated carbocycles. The van der Waals surface area contributed by atoms with Gasteiger partial charge in [-0.15, -0.1) is 0 Å². The molecule has 0 bridgehead atoms. The minimum atomic E-state index is -2.80. The van der Waals surface area contributed by atoms with Crippen LogP contribution in [-0.2, 0) is 9.84 Å². The van der Waals surface area contributed by atoms with E-state index in [1.165, 1.54) is 25.7 Å². The Kier molecular flexibility index (Phi) is 6.12. The van der Waals surface area contributed by atoms with Crippen molar-refractivity contribution >= 4 is 9.84 Å². The van der Waals surface area contributed by atoms with E-state index in [0.717, 1.165) is 25.4 Å². The fourth-order valence-electron chi connectivity index (χ4n) is 2.45. The summed E-state index contributed by atoms with van der Waals surface area (Å²) < 4.78 is 23.0. The van der Waals surface area contributed by atoms with E-state index >= 15 is 0 Å². The summed E-state index contributed by atoms with van der Waals surface area (Å²) in [6.45, 7) is 7.27. The van der Waals surface area contributed by atoms with E-state index in [0.29, 0.717) is 5.75 Å². The first-order chi connectivity index (χ1) is 8.41. The van der Waals surface area contributed by atoms with Gasteiger partial charge in [0.15, 0.2) is 0 Å². The Balaban J connectivity index is 2.35. The molecule has 1 rings (SSSR count). The van der Waals surface area contributed by atoms with Crippen LogP contribution in [0.2, 0.25) is 0 Å². The standard InChI is InChI=1S/C14H29NO2S/c1-4-9-14(3,12-15-13-7-8-13)10-6-11-18(16,17)5-2/h13,15H,4-12H2,1-3H3. The molecule has 0 spiro atoms. The molecule has 1 atom stereocenters. The van der Waals surface area contributed by atoms with E-state index in [2.05, 4.69) is 19.2 Å². The van der Waals surface area contributed by atoms with Crippen molar-refractivity contribution in [3.63, 3.8) is 0 Å². The maximum absolute atomic E-state index is 11.5. The van der Waals surface area contributed by atoms with Crippen molar-refractivity contribution in [3.8, 4) is 0 Å². The second-order valence-corrected chi connectivity index (χ2v) is 8.53. The van der Waals surface area contributed by atoms with Crippen LogP contribution in [0.3, 0.4) is 0 Å². The Bertz CT molecular complexity index is 336. The van der Waals surface area contributed by atoms with Crippen molar-refractivity contribution in [1.29, 1.82) is 0 Å². The summed E-state index contributed by atoms with van der Waals surface area (Å²) in [5.74, 6) is 0.629. The summed E-state index contributed by atoms with van der Waals surface area (Å²) >= 11 is 0. The predicted octanol–water partition coefficient (Wildman–Crippen LogP) is 2.76. The Hall–Kier alpha value is -0.0900. The third-order valence-electron chi connectivity index (χ3n) is 3.92. The molecule has 108 valence electrons. The SMILES string of the molecule is CCCC(C)(CCCS(=O)(=O)CC)CNC1CC1. The van der Waals surface area contributed by atoms with Crippen LogP contribution in [0.4, 0.5) is 0 Å². The zero-order valence-electron chi connectivity index (χ0n) is 12.2. The van der Waals surface area contributed by atoms with Gasteiger partial charge in [0.1, 0.15) is 9.84 Å². The molecule has 1 fully saturated rings. The highest BCUT2D eigenvalue weighted by Gasteiger charge is 2.28. The maximum atomic E-state index is 11.5. The van der Waals surface area contributed by atoms with Crippen molar-refractivity contribution in [2.75, 3.05) is 18.1 Å². The lowest BCUT2D eigenvalue weighted by molar-refractivity contribution is 0.252. The first-order valence-electron chi connectivity index (χ1n) is 7.34. The van der Waals surface area contributed by atoms with E-state index in [1.807, 2.05) is 0 Å². The highest BCUT2D eigenvalue weighted by Crippen LogP contribution is 2.30. The normalized spacial score (nSPS) is 19.7. The second kappa shape index (κ2) is 6.90. The highest BCUT2D eigenvalue weighted by molar-refractivity contribution is 7.91. The van der Waals surface area contributed by atoms with Crippen LogP contribution in [-0.4, -0.2) is 32.5 Å². The summed E-state index contributed by atoms with van der Waals surface area (Å²) in [6, 6.07) is 0.737. The van der Waals surface area contributed by atoms with Gasteiger partial charge < -0.3 is 5.32 Å². The smallest absolute Gasteiger partial charge is 0.150 e. The molecule has 0 radical (unpaired) electrons. The molecule has 0 heterocycles. The molecule has 0 saturated heterocycles. The number of sulfone groups is 1. The van der Waals surface area contributed by atoms with Crippen molar-refractivity contribution in [1.82, 2.24) is 5.32 Å². The van der Waals surface area contributed by atoms with E-state index in [1.54, 1.807) is 6.92 Å². The molecule has 0 aromatic carbocycles. The van der Waals surface area contributed by atoms with Crippen molar-refractivity contribution in [2.24, 2.45) is 5.41 Å². The molecular formula is C14H29NO2S. The van der Waals surface area contributed by atoms with Gasteiger partial charge >= 0.3 is 0 Å². The summed E-state index contributed by atoms with van der Waals surface area (Å²) in [7, 11) is -2.80. The highest BCUT2D eigenvalue weighted by atomic mass is 32.2. The minimum Gasteiger partial charge on any atom is -0.313 e. The lowest BCUT2D eigenvalue weighted by Gasteiger charge is -2.30. The van der Waals surface area contributed by atoms with Gasteiger partial charge in [0.2, 0.25) is 0 Å². The molecule has 1 aliphatic carbocycles. The number of hydrogen-bond donors (Lipinski definition) is 1. The van der Waals surface area contributed by atoms with E-state index in [4.69, 9.17) is 0 Å². The summed E-state index contributed by atoms with van der Waals surface area (Å²) in [4.78, 5) is 0. The zero-order valence-corrected chi connectivity index (χ0v) is 13.0. The Morgan fingerprint density at radius 2 is 1.89 bits per heavy atom. The van der Waals surface area contributed by atoms with Gasteiger partial charge in [-0.3, -0.25) is 0 Å². The van der Waals surface area contributed by atoms with E-state index < -0.39 is 9.84 Å². The Morgan fingerprint density at radius 1 is 1.22 bits per heavy atom. The molecule has 4 heteroatoms. The quantitative estimate of drug-likeness (QED) is 0.667. The van der Waals surface area contributed by atoms with Crippen LogP contribution in [0.25, 0.3) is 0 Å². The molecule has 0 aromatic heterocycles.